The molecule has 88 valence electrons. The van der Waals surface area contributed by atoms with Crippen molar-refractivity contribution in [3.05, 3.63) is 35.4 Å². The fourth-order valence-corrected chi connectivity index (χ4v) is 1.23. The highest BCUT2D eigenvalue weighted by atomic mass is 19.2. The van der Waals surface area contributed by atoms with Crippen LogP contribution < -0.4 is 5.32 Å². The Morgan fingerprint density at radius 2 is 2.06 bits per heavy atom. The minimum Gasteiger partial charge on any atom is -0.396 e. The summed E-state index contributed by atoms with van der Waals surface area (Å²) in [6.45, 7) is 0.140. The standard InChI is InChI=1S/C11H13F2NO2/c12-9-2-1-8(7-10(9)13)3-5-14-11(16)4-6-15/h1-2,7,15H,3-6H2,(H,14,16). The lowest BCUT2D eigenvalue weighted by Gasteiger charge is -2.04. The van der Waals surface area contributed by atoms with Crippen molar-refractivity contribution >= 4 is 5.91 Å². The van der Waals surface area contributed by atoms with Gasteiger partial charge in [-0.3, -0.25) is 4.79 Å². The summed E-state index contributed by atoms with van der Waals surface area (Å²) in [5.74, 6) is -2.03. The largest absolute Gasteiger partial charge is 0.396 e. The van der Waals surface area contributed by atoms with E-state index in [0.29, 0.717) is 18.5 Å². The fraction of sp³-hybridized carbons (Fsp3) is 0.364. The van der Waals surface area contributed by atoms with Gasteiger partial charge in [0.1, 0.15) is 0 Å². The molecule has 0 unspecified atom stereocenters. The normalized spacial score (nSPS) is 10.2. The number of nitrogens with one attached hydrogen (secondary N) is 1. The highest BCUT2D eigenvalue weighted by Gasteiger charge is 2.03. The molecule has 0 radical (unpaired) electrons. The molecule has 0 aliphatic rings. The van der Waals surface area contributed by atoms with Crippen LogP contribution in [0.25, 0.3) is 0 Å². The molecule has 0 saturated heterocycles. The van der Waals surface area contributed by atoms with E-state index in [9.17, 15) is 13.6 Å². The van der Waals surface area contributed by atoms with Gasteiger partial charge in [-0.1, -0.05) is 6.07 Å². The van der Waals surface area contributed by atoms with E-state index in [0.717, 1.165) is 12.1 Å². The minimum absolute atomic E-state index is 0.0534. The molecule has 0 saturated carbocycles. The molecule has 16 heavy (non-hydrogen) atoms. The number of halogens is 2. The number of aliphatic hydroxyl groups excluding tert-OH is 1. The van der Waals surface area contributed by atoms with Gasteiger partial charge >= 0.3 is 0 Å². The number of carbonyl (C=O) groups is 1. The predicted octanol–water partition coefficient (Wildman–Crippen LogP) is 1.01. The van der Waals surface area contributed by atoms with Crippen molar-refractivity contribution in [1.82, 2.24) is 5.32 Å². The molecule has 1 aromatic carbocycles. The van der Waals surface area contributed by atoms with Crippen molar-refractivity contribution in [1.29, 1.82) is 0 Å². The van der Waals surface area contributed by atoms with Crippen molar-refractivity contribution in [3.63, 3.8) is 0 Å². The molecule has 5 heteroatoms. The molecule has 2 N–H and O–H groups in total. The number of rotatable bonds is 5. The van der Waals surface area contributed by atoms with Crippen molar-refractivity contribution in [2.45, 2.75) is 12.8 Å². The Morgan fingerprint density at radius 3 is 2.69 bits per heavy atom. The number of amides is 1. The Hall–Kier alpha value is -1.49. The Labute approximate surface area is 92.1 Å². The zero-order valence-corrected chi connectivity index (χ0v) is 8.67. The van der Waals surface area contributed by atoms with Crippen LogP contribution in [-0.2, 0) is 11.2 Å². The second kappa shape index (κ2) is 6.17. The number of benzene rings is 1. The van der Waals surface area contributed by atoms with Gasteiger partial charge in [-0.15, -0.1) is 0 Å². The van der Waals surface area contributed by atoms with Gasteiger partial charge in [0.05, 0.1) is 6.61 Å². The maximum atomic E-state index is 12.8. The van der Waals surface area contributed by atoms with Crippen LogP contribution in [0.5, 0.6) is 0 Å². The zero-order chi connectivity index (χ0) is 12.0. The van der Waals surface area contributed by atoms with Crippen LogP contribution in [-0.4, -0.2) is 24.2 Å². The van der Waals surface area contributed by atoms with E-state index < -0.39 is 11.6 Å². The van der Waals surface area contributed by atoms with Gasteiger partial charge in [0.25, 0.3) is 0 Å². The Balaban J connectivity index is 2.37. The Kier molecular flexibility index (Phi) is 4.85. The Morgan fingerprint density at radius 1 is 1.31 bits per heavy atom. The van der Waals surface area contributed by atoms with Crippen LogP contribution in [0, 0.1) is 11.6 Å². The molecule has 1 amide bonds. The lowest BCUT2D eigenvalue weighted by Crippen LogP contribution is -2.26. The molecule has 0 bridgehead atoms. The van der Waals surface area contributed by atoms with Gasteiger partial charge in [0.15, 0.2) is 11.6 Å². The molecule has 0 aliphatic carbocycles. The third-order valence-corrected chi connectivity index (χ3v) is 2.06. The second-order valence-electron chi connectivity index (χ2n) is 3.32. The molecule has 1 rings (SSSR count). The summed E-state index contributed by atoms with van der Waals surface area (Å²) >= 11 is 0. The SMILES string of the molecule is O=C(CCO)NCCc1ccc(F)c(F)c1. The zero-order valence-electron chi connectivity index (χ0n) is 8.67. The maximum absolute atomic E-state index is 12.8. The van der Waals surface area contributed by atoms with Gasteiger partial charge in [-0.05, 0) is 24.1 Å². The monoisotopic (exact) mass is 229 g/mol. The molecule has 0 aliphatic heterocycles. The summed E-state index contributed by atoms with van der Waals surface area (Å²) < 4.78 is 25.4. The van der Waals surface area contributed by atoms with E-state index in [1.165, 1.54) is 6.07 Å². The topological polar surface area (TPSA) is 49.3 Å². The molecule has 0 spiro atoms. The van der Waals surface area contributed by atoms with E-state index in [1.807, 2.05) is 0 Å². The van der Waals surface area contributed by atoms with E-state index in [-0.39, 0.29) is 18.9 Å². The summed E-state index contributed by atoms with van der Waals surface area (Å²) in [6.07, 6.45) is 0.478. The lowest BCUT2D eigenvalue weighted by atomic mass is 10.1. The van der Waals surface area contributed by atoms with Gasteiger partial charge < -0.3 is 10.4 Å². The average molecular weight is 229 g/mol. The number of hydrogen-bond acceptors (Lipinski definition) is 2. The fourth-order valence-electron chi connectivity index (χ4n) is 1.23. The first-order valence-electron chi connectivity index (χ1n) is 4.95. The van der Waals surface area contributed by atoms with Crippen LogP contribution in [0.1, 0.15) is 12.0 Å². The number of carbonyl (C=O) groups excluding carboxylic acids is 1. The van der Waals surface area contributed by atoms with Crippen molar-refractivity contribution < 1.29 is 18.7 Å². The molecule has 0 heterocycles. The predicted molar refractivity (Wildman–Crippen MR) is 54.8 cm³/mol. The van der Waals surface area contributed by atoms with Gasteiger partial charge in [-0.25, -0.2) is 8.78 Å². The van der Waals surface area contributed by atoms with Crippen LogP contribution >= 0.6 is 0 Å². The van der Waals surface area contributed by atoms with Gasteiger partial charge in [-0.2, -0.15) is 0 Å². The number of aliphatic hydroxyl groups is 1. The first kappa shape index (κ1) is 12.6. The van der Waals surface area contributed by atoms with Crippen LogP contribution in [0.3, 0.4) is 0 Å². The van der Waals surface area contributed by atoms with Crippen LogP contribution in [0.2, 0.25) is 0 Å². The Bertz CT molecular complexity index is 369. The average Bonchev–Trinajstić information content (AvgIpc) is 2.24. The maximum Gasteiger partial charge on any atom is 0.222 e. The molecular weight excluding hydrogens is 216 g/mol. The minimum atomic E-state index is -0.890. The third kappa shape index (κ3) is 3.94. The summed E-state index contributed by atoms with van der Waals surface area (Å²) in [5.41, 5.74) is 0.614. The molecule has 0 fully saturated rings. The van der Waals surface area contributed by atoms with E-state index in [4.69, 9.17) is 5.11 Å². The van der Waals surface area contributed by atoms with Crippen molar-refractivity contribution in [3.8, 4) is 0 Å². The molecule has 0 aromatic heterocycles. The summed E-state index contributed by atoms with van der Waals surface area (Å²) in [5, 5.41) is 11.0. The summed E-state index contributed by atoms with van der Waals surface area (Å²) in [6, 6.07) is 3.63. The smallest absolute Gasteiger partial charge is 0.222 e. The van der Waals surface area contributed by atoms with Gasteiger partial charge in [0.2, 0.25) is 5.91 Å². The van der Waals surface area contributed by atoms with Crippen molar-refractivity contribution in [2.24, 2.45) is 0 Å². The first-order valence-corrected chi connectivity index (χ1v) is 4.95. The molecule has 3 nitrogen and oxygen atoms in total. The molecule has 1 aromatic rings. The lowest BCUT2D eigenvalue weighted by molar-refractivity contribution is -0.121. The highest BCUT2D eigenvalue weighted by Crippen LogP contribution is 2.08. The van der Waals surface area contributed by atoms with E-state index in [2.05, 4.69) is 5.32 Å². The van der Waals surface area contributed by atoms with Crippen molar-refractivity contribution in [2.75, 3.05) is 13.2 Å². The summed E-state index contributed by atoms with van der Waals surface area (Å²) in [4.78, 5) is 10.9. The van der Waals surface area contributed by atoms with E-state index in [1.54, 1.807) is 0 Å². The van der Waals surface area contributed by atoms with Crippen LogP contribution in [0.15, 0.2) is 18.2 Å². The first-order chi connectivity index (χ1) is 7.63. The molecule has 0 atom stereocenters. The summed E-state index contributed by atoms with van der Waals surface area (Å²) in [7, 11) is 0. The van der Waals surface area contributed by atoms with E-state index >= 15 is 0 Å². The third-order valence-electron chi connectivity index (χ3n) is 2.06. The second-order valence-corrected chi connectivity index (χ2v) is 3.32. The quantitative estimate of drug-likeness (QED) is 0.791. The van der Waals surface area contributed by atoms with Crippen LogP contribution in [0.4, 0.5) is 8.78 Å². The van der Waals surface area contributed by atoms with Gasteiger partial charge in [0, 0.05) is 13.0 Å². The highest BCUT2D eigenvalue weighted by molar-refractivity contribution is 5.75. The molecular formula is C11H13F2NO2. The number of hydrogen-bond donors (Lipinski definition) is 2.